The van der Waals surface area contributed by atoms with E-state index in [9.17, 15) is 23.3 Å². The maximum atomic E-state index is 12.8. The van der Waals surface area contributed by atoms with Crippen LogP contribution < -0.4 is 4.74 Å². The fourth-order valence-corrected chi connectivity index (χ4v) is 1.87. The highest BCUT2D eigenvalue weighted by Crippen LogP contribution is 2.39. The van der Waals surface area contributed by atoms with Gasteiger partial charge in [0.05, 0.1) is 4.92 Å². The first-order chi connectivity index (χ1) is 9.77. The fourth-order valence-electron chi connectivity index (χ4n) is 1.60. The average molecular weight is 362 g/mol. The SMILES string of the molecule is O=[N+]([O-])c1ccc(Oc2ccc(Br)cc2)cc1C(F)(F)F. The van der Waals surface area contributed by atoms with Crippen LogP contribution in [0, 0.1) is 10.1 Å². The molecule has 0 aliphatic heterocycles. The molecule has 2 aromatic carbocycles. The van der Waals surface area contributed by atoms with Gasteiger partial charge in [0.15, 0.2) is 0 Å². The quantitative estimate of drug-likeness (QED) is 0.559. The monoisotopic (exact) mass is 361 g/mol. The first-order valence-electron chi connectivity index (χ1n) is 5.56. The highest BCUT2D eigenvalue weighted by atomic mass is 79.9. The minimum atomic E-state index is -4.83. The van der Waals surface area contributed by atoms with Gasteiger partial charge in [0.25, 0.3) is 5.69 Å². The van der Waals surface area contributed by atoms with Crippen molar-refractivity contribution in [2.75, 3.05) is 0 Å². The molecular weight excluding hydrogens is 355 g/mol. The minimum Gasteiger partial charge on any atom is -0.457 e. The zero-order valence-corrected chi connectivity index (χ0v) is 11.8. The van der Waals surface area contributed by atoms with Crippen molar-refractivity contribution in [3.05, 3.63) is 62.6 Å². The van der Waals surface area contributed by atoms with Gasteiger partial charge in [0, 0.05) is 10.5 Å². The Labute approximate surface area is 125 Å². The molecule has 0 aliphatic rings. The molecule has 0 saturated carbocycles. The highest BCUT2D eigenvalue weighted by Gasteiger charge is 2.38. The van der Waals surface area contributed by atoms with E-state index in [2.05, 4.69) is 15.9 Å². The Morgan fingerprint density at radius 3 is 2.14 bits per heavy atom. The van der Waals surface area contributed by atoms with Gasteiger partial charge in [-0.3, -0.25) is 10.1 Å². The predicted molar refractivity (Wildman–Crippen MR) is 72.3 cm³/mol. The molecule has 2 rings (SSSR count). The van der Waals surface area contributed by atoms with E-state index in [1.54, 1.807) is 24.3 Å². The summed E-state index contributed by atoms with van der Waals surface area (Å²) in [6.45, 7) is 0. The van der Waals surface area contributed by atoms with Crippen molar-refractivity contribution in [1.82, 2.24) is 0 Å². The number of alkyl halides is 3. The van der Waals surface area contributed by atoms with Gasteiger partial charge < -0.3 is 4.74 Å². The van der Waals surface area contributed by atoms with Gasteiger partial charge in [-0.2, -0.15) is 13.2 Å². The molecule has 0 bridgehead atoms. The van der Waals surface area contributed by atoms with E-state index in [1.165, 1.54) is 0 Å². The third kappa shape index (κ3) is 3.72. The molecule has 0 atom stereocenters. The number of hydrogen-bond donors (Lipinski definition) is 0. The number of nitro groups is 1. The molecule has 0 saturated heterocycles. The van der Waals surface area contributed by atoms with Crippen molar-refractivity contribution in [1.29, 1.82) is 0 Å². The van der Waals surface area contributed by atoms with Crippen molar-refractivity contribution < 1.29 is 22.8 Å². The van der Waals surface area contributed by atoms with Crippen LogP contribution in [0.1, 0.15) is 5.56 Å². The summed E-state index contributed by atoms with van der Waals surface area (Å²) in [4.78, 5) is 9.56. The second kappa shape index (κ2) is 5.72. The van der Waals surface area contributed by atoms with Crippen LogP contribution >= 0.6 is 15.9 Å². The van der Waals surface area contributed by atoms with Crippen LogP contribution in [0.15, 0.2) is 46.9 Å². The molecular formula is C13H7BrF3NO3. The molecule has 0 radical (unpaired) electrons. The lowest BCUT2D eigenvalue weighted by Gasteiger charge is -2.10. The van der Waals surface area contributed by atoms with Crippen molar-refractivity contribution >= 4 is 21.6 Å². The molecule has 0 amide bonds. The Bertz CT molecular complexity index is 671. The number of rotatable bonds is 3. The van der Waals surface area contributed by atoms with Gasteiger partial charge in [-0.1, -0.05) is 15.9 Å². The van der Waals surface area contributed by atoms with Crippen LogP contribution in [-0.4, -0.2) is 4.92 Å². The van der Waals surface area contributed by atoms with Crippen LogP contribution in [0.2, 0.25) is 0 Å². The lowest BCUT2D eigenvalue weighted by molar-refractivity contribution is -0.388. The van der Waals surface area contributed by atoms with Crippen LogP contribution in [0.25, 0.3) is 0 Å². The van der Waals surface area contributed by atoms with Crippen LogP contribution in [0.4, 0.5) is 18.9 Å². The zero-order valence-electron chi connectivity index (χ0n) is 10.2. The number of benzene rings is 2. The second-order valence-corrected chi connectivity index (χ2v) is 4.91. The lowest BCUT2D eigenvalue weighted by Crippen LogP contribution is -2.09. The third-order valence-corrected chi connectivity index (χ3v) is 3.05. The lowest BCUT2D eigenvalue weighted by atomic mass is 10.1. The minimum absolute atomic E-state index is 0.129. The normalized spacial score (nSPS) is 11.2. The molecule has 110 valence electrons. The van der Waals surface area contributed by atoms with Gasteiger partial charge in [-0.15, -0.1) is 0 Å². The van der Waals surface area contributed by atoms with E-state index in [4.69, 9.17) is 4.74 Å². The van der Waals surface area contributed by atoms with E-state index in [1.807, 2.05) is 0 Å². The summed E-state index contributed by atoms with van der Waals surface area (Å²) in [5.41, 5.74) is -2.35. The van der Waals surface area contributed by atoms with Gasteiger partial charge >= 0.3 is 6.18 Å². The smallest absolute Gasteiger partial charge is 0.423 e. The Kier molecular flexibility index (Phi) is 4.17. The highest BCUT2D eigenvalue weighted by molar-refractivity contribution is 9.10. The maximum Gasteiger partial charge on any atom is 0.423 e. The molecule has 21 heavy (non-hydrogen) atoms. The van der Waals surface area contributed by atoms with E-state index in [0.717, 1.165) is 16.6 Å². The summed E-state index contributed by atoms with van der Waals surface area (Å²) in [6, 6.07) is 8.93. The Morgan fingerprint density at radius 2 is 1.62 bits per heavy atom. The van der Waals surface area contributed by atoms with Crippen molar-refractivity contribution in [2.45, 2.75) is 6.18 Å². The maximum absolute atomic E-state index is 12.8. The predicted octanol–water partition coefficient (Wildman–Crippen LogP) is 5.17. The molecule has 4 nitrogen and oxygen atoms in total. The average Bonchev–Trinajstić information content (AvgIpc) is 2.40. The van der Waals surface area contributed by atoms with Crippen molar-refractivity contribution in [3.63, 3.8) is 0 Å². The largest absolute Gasteiger partial charge is 0.457 e. The van der Waals surface area contributed by atoms with E-state index >= 15 is 0 Å². The molecule has 0 fully saturated rings. The van der Waals surface area contributed by atoms with E-state index in [-0.39, 0.29) is 5.75 Å². The van der Waals surface area contributed by atoms with Crippen LogP contribution in [0.3, 0.4) is 0 Å². The van der Waals surface area contributed by atoms with Crippen LogP contribution in [0.5, 0.6) is 11.5 Å². The molecule has 0 N–H and O–H groups in total. The van der Waals surface area contributed by atoms with Gasteiger partial charge in [0.2, 0.25) is 0 Å². The number of nitrogens with zero attached hydrogens (tertiary/aromatic N) is 1. The second-order valence-electron chi connectivity index (χ2n) is 3.99. The molecule has 8 heteroatoms. The zero-order chi connectivity index (χ0) is 15.6. The van der Waals surface area contributed by atoms with Gasteiger partial charge in [-0.05, 0) is 36.4 Å². The first kappa shape index (κ1) is 15.3. The topological polar surface area (TPSA) is 52.4 Å². The Hall–Kier alpha value is -2.09. The van der Waals surface area contributed by atoms with Gasteiger partial charge in [0.1, 0.15) is 17.1 Å². The van der Waals surface area contributed by atoms with E-state index in [0.29, 0.717) is 11.8 Å². The van der Waals surface area contributed by atoms with Crippen molar-refractivity contribution in [3.8, 4) is 11.5 Å². The summed E-state index contributed by atoms with van der Waals surface area (Å²) in [7, 11) is 0. The number of halogens is 4. The number of ether oxygens (including phenoxy) is 1. The number of nitro benzene ring substituents is 1. The van der Waals surface area contributed by atoms with Gasteiger partial charge in [-0.25, -0.2) is 0 Å². The Morgan fingerprint density at radius 1 is 1.05 bits per heavy atom. The molecule has 0 aromatic heterocycles. The summed E-state index contributed by atoms with van der Waals surface area (Å²) in [5.74, 6) is 0.190. The standard InChI is InChI=1S/C13H7BrF3NO3/c14-8-1-3-9(4-2-8)21-10-5-6-12(18(19)20)11(7-10)13(15,16)17/h1-7H. The Balaban J connectivity index is 2.38. The summed E-state index contributed by atoms with van der Waals surface area (Å²) < 4.78 is 44.5. The van der Waals surface area contributed by atoms with E-state index < -0.39 is 22.4 Å². The number of hydrogen-bond acceptors (Lipinski definition) is 3. The fraction of sp³-hybridized carbons (Fsp3) is 0.0769. The molecule has 2 aromatic rings. The molecule has 0 aliphatic carbocycles. The molecule has 0 heterocycles. The summed E-state index contributed by atoms with van der Waals surface area (Å²) in [6.07, 6.45) is -4.83. The summed E-state index contributed by atoms with van der Waals surface area (Å²) >= 11 is 3.21. The van der Waals surface area contributed by atoms with Crippen molar-refractivity contribution in [2.24, 2.45) is 0 Å². The van der Waals surface area contributed by atoms with Crippen LogP contribution in [-0.2, 0) is 6.18 Å². The summed E-state index contributed by atoms with van der Waals surface area (Å²) in [5, 5.41) is 10.6. The molecule has 0 spiro atoms. The first-order valence-corrected chi connectivity index (χ1v) is 6.36. The molecule has 0 unspecified atom stereocenters. The third-order valence-electron chi connectivity index (χ3n) is 2.52.